The van der Waals surface area contributed by atoms with Gasteiger partial charge in [-0.1, -0.05) is 33.7 Å². The largest absolute Gasteiger partial charge is 0.494 e. The minimum atomic E-state index is -2.50. The monoisotopic (exact) mass is 585 g/mol. The molecule has 0 radical (unpaired) electrons. The number of likely N-dealkylation sites (N-methyl/N-ethyl adjacent to an activating group) is 1. The summed E-state index contributed by atoms with van der Waals surface area (Å²) in [4.78, 5) is 17.2. The first-order valence-corrected chi connectivity index (χ1v) is 16.8. The maximum Gasteiger partial charge on any atom is 0.229 e. The molecule has 2 N–H and O–H groups in total. The molecule has 9 nitrogen and oxygen atoms in total. The second-order valence-corrected chi connectivity index (χ2v) is 14.5. The van der Waals surface area contributed by atoms with Crippen LogP contribution in [0.5, 0.6) is 5.75 Å². The highest BCUT2D eigenvalue weighted by Gasteiger charge is 2.27. The Labute approximate surface area is 243 Å². The van der Waals surface area contributed by atoms with Gasteiger partial charge in [0.05, 0.1) is 24.7 Å². The average molecular weight is 586 g/mol. The first-order chi connectivity index (χ1) is 19.2. The van der Waals surface area contributed by atoms with Crippen molar-refractivity contribution in [3.63, 3.8) is 0 Å². The fourth-order valence-corrected chi connectivity index (χ4v) is 6.76. The van der Waals surface area contributed by atoms with Crippen LogP contribution < -0.4 is 20.3 Å². The summed E-state index contributed by atoms with van der Waals surface area (Å²) in [6.07, 6.45) is 7.39. The van der Waals surface area contributed by atoms with E-state index in [-0.39, 0.29) is 0 Å². The molecule has 216 valence electrons. The zero-order valence-corrected chi connectivity index (χ0v) is 25.4. The van der Waals surface area contributed by atoms with Gasteiger partial charge in [-0.3, -0.25) is 9.11 Å². The number of methoxy groups -OCH3 is 1. The fraction of sp³-hybridized carbons (Fsp3) is 0.448. The molecule has 2 saturated heterocycles. The van der Waals surface area contributed by atoms with Gasteiger partial charge in [0.1, 0.15) is 10.8 Å². The quantitative estimate of drug-likeness (QED) is 0.331. The van der Waals surface area contributed by atoms with Crippen LogP contribution in [0.2, 0.25) is 5.02 Å². The summed E-state index contributed by atoms with van der Waals surface area (Å²) in [7, 11) is 1.37. The standard InChI is InChI=1S/C29H40ClN7O2S/c1-35-15-17-37(18-16-35)21-11-13-36(14-12-21)22-9-10-24(26(19-22)39-2)33-29-31-20-23(30)28(34-29)32-25-7-5-6-8-27(25)40(3,4)38/h5-10,19-21,40H,11-18H2,1-4H3,(H2,31,32,33,34). The SMILES string of the molecule is COc1cc(N2CCC(N3CCN(C)CC3)CC2)ccc1Nc1ncc(Cl)c(Nc2ccccc2[SH](C)(C)=O)n1. The van der Waals surface area contributed by atoms with Gasteiger partial charge in [0.2, 0.25) is 5.95 Å². The Balaban J connectivity index is 1.27. The molecule has 3 aromatic rings. The zero-order valence-electron chi connectivity index (χ0n) is 23.7. The van der Waals surface area contributed by atoms with Crippen molar-refractivity contribution in [1.29, 1.82) is 0 Å². The van der Waals surface area contributed by atoms with Crippen molar-refractivity contribution < 1.29 is 8.95 Å². The highest BCUT2D eigenvalue weighted by atomic mass is 35.5. The summed E-state index contributed by atoms with van der Waals surface area (Å²) < 4.78 is 18.5. The summed E-state index contributed by atoms with van der Waals surface area (Å²) in [5, 5.41) is 6.89. The van der Waals surface area contributed by atoms with Crippen molar-refractivity contribution in [2.45, 2.75) is 23.8 Å². The first-order valence-electron chi connectivity index (χ1n) is 13.8. The highest BCUT2D eigenvalue weighted by Crippen LogP contribution is 2.34. The predicted molar refractivity (Wildman–Crippen MR) is 167 cm³/mol. The number of hydrogen-bond acceptors (Lipinski definition) is 9. The molecule has 1 aromatic heterocycles. The molecule has 2 aliphatic rings. The van der Waals surface area contributed by atoms with Gasteiger partial charge in [0.15, 0.2) is 5.82 Å². The van der Waals surface area contributed by atoms with E-state index in [9.17, 15) is 4.21 Å². The summed E-state index contributed by atoms with van der Waals surface area (Å²) in [6.45, 7) is 6.73. The lowest BCUT2D eigenvalue weighted by Crippen LogP contribution is -2.52. The lowest BCUT2D eigenvalue weighted by atomic mass is 10.0. The molecule has 0 saturated carbocycles. The van der Waals surface area contributed by atoms with Crippen LogP contribution in [-0.2, 0) is 9.93 Å². The van der Waals surface area contributed by atoms with E-state index >= 15 is 0 Å². The predicted octanol–water partition coefficient (Wildman–Crippen LogP) is 4.48. The third-order valence-corrected chi connectivity index (χ3v) is 9.62. The third-order valence-electron chi connectivity index (χ3n) is 7.80. The molecule has 11 heteroatoms. The van der Waals surface area contributed by atoms with Crippen LogP contribution in [0.4, 0.5) is 28.8 Å². The summed E-state index contributed by atoms with van der Waals surface area (Å²) in [6, 6.07) is 14.4. The molecule has 2 aromatic carbocycles. The number of benzene rings is 2. The number of nitrogens with one attached hydrogen (secondary N) is 2. The van der Waals surface area contributed by atoms with E-state index in [1.165, 1.54) is 25.9 Å². The Morgan fingerprint density at radius 1 is 0.975 bits per heavy atom. The minimum Gasteiger partial charge on any atom is -0.494 e. The van der Waals surface area contributed by atoms with Crippen LogP contribution in [0.15, 0.2) is 53.6 Å². The second kappa shape index (κ2) is 12.3. The number of para-hydroxylation sites is 1. The summed E-state index contributed by atoms with van der Waals surface area (Å²) in [5.74, 6) is 1.52. The van der Waals surface area contributed by atoms with Gasteiger partial charge in [0.25, 0.3) is 0 Å². The van der Waals surface area contributed by atoms with Gasteiger partial charge in [-0.25, -0.2) is 4.98 Å². The normalized spacial score (nSPS) is 18.0. The topological polar surface area (TPSA) is 85.9 Å². The van der Waals surface area contributed by atoms with Crippen LogP contribution in [0, 0.1) is 0 Å². The Bertz CT molecular complexity index is 1370. The highest BCUT2D eigenvalue weighted by molar-refractivity contribution is 8.01. The number of anilines is 5. The molecule has 0 unspecified atom stereocenters. The molecule has 3 heterocycles. The summed E-state index contributed by atoms with van der Waals surface area (Å²) in [5.41, 5.74) is 2.62. The molecule has 0 atom stereocenters. The molecule has 2 fully saturated rings. The lowest BCUT2D eigenvalue weighted by Gasteiger charge is -2.42. The Hall–Kier alpha value is -2.92. The number of aromatic nitrogens is 2. The molecule has 2 aliphatic heterocycles. The average Bonchev–Trinajstić information content (AvgIpc) is 2.95. The molecule has 0 spiro atoms. The van der Waals surface area contributed by atoms with Crippen molar-refractivity contribution in [3.05, 3.63) is 53.7 Å². The number of ether oxygens (including phenoxy) is 1. The second-order valence-electron chi connectivity index (χ2n) is 11.0. The van der Waals surface area contributed by atoms with Gasteiger partial charge in [-0.15, -0.1) is 0 Å². The number of thiol groups is 1. The van der Waals surface area contributed by atoms with Crippen molar-refractivity contribution in [1.82, 2.24) is 19.8 Å². The molecule has 40 heavy (non-hydrogen) atoms. The number of nitrogens with zero attached hydrogens (tertiary/aromatic N) is 5. The molecule has 0 amide bonds. The van der Waals surface area contributed by atoms with Crippen LogP contribution in [0.3, 0.4) is 0 Å². The number of piperidine rings is 1. The Kier molecular flexibility index (Phi) is 8.80. The van der Waals surface area contributed by atoms with Gasteiger partial charge < -0.3 is 25.2 Å². The van der Waals surface area contributed by atoms with E-state index in [1.807, 2.05) is 30.3 Å². The van der Waals surface area contributed by atoms with Gasteiger partial charge >= 0.3 is 0 Å². The van der Waals surface area contributed by atoms with E-state index in [0.29, 0.717) is 28.5 Å². The molecular formula is C29H40ClN7O2S. The maximum atomic E-state index is 12.8. The maximum absolute atomic E-state index is 12.8. The molecule has 0 bridgehead atoms. The van der Waals surface area contributed by atoms with Gasteiger partial charge in [-0.2, -0.15) is 4.98 Å². The Morgan fingerprint density at radius 3 is 2.40 bits per heavy atom. The number of halogens is 1. The van der Waals surface area contributed by atoms with E-state index < -0.39 is 9.93 Å². The summed E-state index contributed by atoms with van der Waals surface area (Å²) >= 11 is 6.43. The minimum absolute atomic E-state index is 0.365. The zero-order chi connectivity index (χ0) is 28.3. The number of rotatable bonds is 8. The van der Waals surface area contributed by atoms with Gasteiger partial charge in [0, 0.05) is 62.0 Å². The third kappa shape index (κ3) is 6.68. The van der Waals surface area contributed by atoms with Crippen molar-refractivity contribution >= 4 is 50.4 Å². The van der Waals surface area contributed by atoms with Crippen LogP contribution in [0.1, 0.15) is 12.8 Å². The first kappa shape index (κ1) is 28.6. The van der Waals surface area contributed by atoms with Crippen LogP contribution in [-0.4, -0.2) is 96.0 Å². The van der Waals surface area contributed by atoms with Crippen molar-refractivity contribution in [2.24, 2.45) is 0 Å². The van der Waals surface area contributed by atoms with E-state index in [0.717, 1.165) is 48.2 Å². The fourth-order valence-electron chi connectivity index (χ4n) is 5.47. The van der Waals surface area contributed by atoms with E-state index in [2.05, 4.69) is 54.5 Å². The van der Waals surface area contributed by atoms with E-state index in [1.54, 1.807) is 25.8 Å². The lowest BCUT2D eigenvalue weighted by molar-refractivity contribution is 0.0982. The molecule has 0 aliphatic carbocycles. The van der Waals surface area contributed by atoms with E-state index in [4.69, 9.17) is 16.3 Å². The molecular weight excluding hydrogens is 546 g/mol. The number of hydrogen-bond donors (Lipinski definition) is 3. The van der Waals surface area contributed by atoms with Crippen LogP contribution in [0.25, 0.3) is 0 Å². The van der Waals surface area contributed by atoms with Crippen molar-refractivity contribution in [2.75, 3.05) is 81.5 Å². The number of piperazine rings is 1. The van der Waals surface area contributed by atoms with Crippen molar-refractivity contribution in [3.8, 4) is 5.75 Å². The smallest absolute Gasteiger partial charge is 0.229 e. The molecule has 5 rings (SSSR count). The van der Waals surface area contributed by atoms with Gasteiger partial charge in [-0.05, 0) is 56.7 Å². The Morgan fingerprint density at radius 2 is 1.70 bits per heavy atom. The van der Waals surface area contributed by atoms with Crippen LogP contribution >= 0.6 is 11.6 Å².